The van der Waals surface area contributed by atoms with E-state index in [4.69, 9.17) is 0 Å². The lowest BCUT2D eigenvalue weighted by Gasteiger charge is -2.23. The van der Waals surface area contributed by atoms with Gasteiger partial charge in [-0.2, -0.15) is 0 Å². The normalized spacial score (nSPS) is 22.3. The highest BCUT2D eigenvalue weighted by Crippen LogP contribution is 2.30. The van der Waals surface area contributed by atoms with Crippen LogP contribution in [0.4, 0.5) is 0 Å². The van der Waals surface area contributed by atoms with E-state index >= 15 is 0 Å². The molecule has 2 unspecified atom stereocenters. The minimum atomic E-state index is 0.00613. The number of carbonyl (C=O) groups is 1. The van der Waals surface area contributed by atoms with Crippen LogP contribution in [-0.4, -0.2) is 5.78 Å². The monoisotopic (exact) mass is 246 g/mol. The van der Waals surface area contributed by atoms with Gasteiger partial charge in [-0.1, -0.05) is 36.3 Å². The second-order valence-electron chi connectivity index (χ2n) is 5.40. The number of Topliss-reactive ketones (excluding diaryl/α,β-unsaturated/α-hetero) is 1. The van der Waals surface area contributed by atoms with Crippen LogP contribution in [0.3, 0.4) is 0 Å². The fourth-order valence-corrected chi connectivity index (χ4v) is 2.43. The Hall–Kier alpha value is -1.11. The summed E-state index contributed by atoms with van der Waals surface area (Å²) >= 11 is 0. The number of hydrogen-bond donors (Lipinski definition) is 0. The molecule has 1 heteroatoms. The van der Waals surface area contributed by atoms with Crippen molar-refractivity contribution in [2.75, 3.05) is 0 Å². The van der Waals surface area contributed by atoms with Gasteiger partial charge in [0.05, 0.1) is 0 Å². The van der Waals surface area contributed by atoms with Gasteiger partial charge in [-0.05, 0) is 46.0 Å². The van der Waals surface area contributed by atoms with E-state index in [1.807, 2.05) is 6.92 Å². The van der Waals surface area contributed by atoms with Crippen LogP contribution in [0.2, 0.25) is 0 Å². The Bertz CT molecular complexity index is 360. The minimum Gasteiger partial charge on any atom is -0.299 e. The molecular formula is C17H26O. The molecule has 0 N–H and O–H groups in total. The van der Waals surface area contributed by atoms with Gasteiger partial charge in [0.25, 0.3) is 0 Å². The Morgan fingerprint density at radius 3 is 2.94 bits per heavy atom. The standard InChI is InChI=1S/C17H26O/c1-5-13(3)10-11-15-8-7-9-16(12-15)17(18)14(4)6-2/h5-6,8,14,16H,2,7,9-12H2,1,3-4H3. The summed E-state index contributed by atoms with van der Waals surface area (Å²) in [4.78, 5) is 12.2. The van der Waals surface area contributed by atoms with Crippen molar-refractivity contribution in [3.63, 3.8) is 0 Å². The Labute approximate surface area is 112 Å². The van der Waals surface area contributed by atoms with Gasteiger partial charge in [-0.25, -0.2) is 0 Å². The molecule has 0 amide bonds. The van der Waals surface area contributed by atoms with Gasteiger partial charge >= 0.3 is 0 Å². The predicted octanol–water partition coefficient (Wildman–Crippen LogP) is 4.85. The number of hydrogen-bond acceptors (Lipinski definition) is 1. The van der Waals surface area contributed by atoms with E-state index in [-0.39, 0.29) is 11.8 Å². The van der Waals surface area contributed by atoms with Gasteiger partial charge in [0.15, 0.2) is 0 Å². The third kappa shape index (κ3) is 4.29. The van der Waals surface area contributed by atoms with Crippen LogP contribution in [0.1, 0.15) is 52.9 Å². The molecule has 2 atom stereocenters. The van der Waals surface area contributed by atoms with Gasteiger partial charge in [-0.3, -0.25) is 4.79 Å². The van der Waals surface area contributed by atoms with Crippen LogP contribution < -0.4 is 0 Å². The molecule has 18 heavy (non-hydrogen) atoms. The van der Waals surface area contributed by atoms with E-state index in [0.29, 0.717) is 5.78 Å². The fourth-order valence-electron chi connectivity index (χ4n) is 2.43. The van der Waals surface area contributed by atoms with Crippen molar-refractivity contribution < 1.29 is 4.79 Å². The zero-order valence-electron chi connectivity index (χ0n) is 12.0. The molecule has 1 aliphatic carbocycles. The molecule has 1 aliphatic rings. The third-order valence-corrected chi connectivity index (χ3v) is 3.99. The average Bonchev–Trinajstić information content (AvgIpc) is 2.43. The van der Waals surface area contributed by atoms with Crippen LogP contribution in [0.15, 0.2) is 36.0 Å². The zero-order valence-corrected chi connectivity index (χ0v) is 12.0. The van der Waals surface area contributed by atoms with Crippen LogP contribution >= 0.6 is 0 Å². The number of allylic oxidation sites excluding steroid dienone is 5. The van der Waals surface area contributed by atoms with E-state index in [0.717, 1.165) is 32.1 Å². The first kappa shape index (κ1) is 14.9. The summed E-state index contributed by atoms with van der Waals surface area (Å²) < 4.78 is 0. The highest BCUT2D eigenvalue weighted by molar-refractivity contribution is 5.85. The lowest BCUT2D eigenvalue weighted by atomic mass is 9.80. The van der Waals surface area contributed by atoms with Crippen LogP contribution in [0.5, 0.6) is 0 Å². The average molecular weight is 246 g/mol. The lowest BCUT2D eigenvalue weighted by Crippen LogP contribution is -2.22. The smallest absolute Gasteiger partial charge is 0.142 e. The van der Waals surface area contributed by atoms with Crippen LogP contribution in [0, 0.1) is 11.8 Å². The lowest BCUT2D eigenvalue weighted by molar-refractivity contribution is -0.125. The molecule has 0 saturated carbocycles. The van der Waals surface area contributed by atoms with Gasteiger partial charge in [0.2, 0.25) is 0 Å². The first-order valence-corrected chi connectivity index (χ1v) is 7.04. The SMILES string of the molecule is C=CC(C)C(=O)C1CCC=C(CCC(C)=CC)C1. The first-order valence-electron chi connectivity index (χ1n) is 7.04. The van der Waals surface area contributed by atoms with E-state index in [1.54, 1.807) is 6.08 Å². The summed E-state index contributed by atoms with van der Waals surface area (Å²) in [7, 11) is 0. The maximum absolute atomic E-state index is 12.2. The molecule has 0 aromatic carbocycles. The Morgan fingerprint density at radius 1 is 1.61 bits per heavy atom. The summed E-state index contributed by atoms with van der Waals surface area (Å²) in [5, 5.41) is 0. The molecule has 100 valence electrons. The predicted molar refractivity (Wildman–Crippen MR) is 78.5 cm³/mol. The summed E-state index contributed by atoms with van der Waals surface area (Å²) in [5.41, 5.74) is 2.90. The number of carbonyl (C=O) groups excluding carboxylic acids is 1. The Balaban J connectivity index is 2.52. The van der Waals surface area contributed by atoms with E-state index in [9.17, 15) is 4.79 Å². The molecule has 0 spiro atoms. The third-order valence-electron chi connectivity index (χ3n) is 3.99. The van der Waals surface area contributed by atoms with E-state index < -0.39 is 0 Å². The van der Waals surface area contributed by atoms with Crippen LogP contribution in [0.25, 0.3) is 0 Å². The van der Waals surface area contributed by atoms with Crippen molar-refractivity contribution in [1.82, 2.24) is 0 Å². The summed E-state index contributed by atoms with van der Waals surface area (Å²) in [6, 6.07) is 0. The maximum Gasteiger partial charge on any atom is 0.142 e. The van der Waals surface area contributed by atoms with Crippen molar-refractivity contribution in [3.05, 3.63) is 36.0 Å². The quantitative estimate of drug-likeness (QED) is 0.612. The molecule has 1 rings (SSSR count). The second-order valence-corrected chi connectivity index (χ2v) is 5.40. The molecule has 0 heterocycles. The van der Waals surface area contributed by atoms with Crippen molar-refractivity contribution in [3.8, 4) is 0 Å². The Kier molecular flexibility index (Phi) is 6.11. The van der Waals surface area contributed by atoms with Crippen molar-refractivity contribution >= 4 is 5.78 Å². The number of ketones is 1. The highest BCUT2D eigenvalue weighted by Gasteiger charge is 2.24. The molecule has 0 aromatic heterocycles. The Morgan fingerprint density at radius 2 is 2.33 bits per heavy atom. The largest absolute Gasteiger partial charge is 0.299 e. The molecule has 0 radical (unpaired) electrons. The number of rotatable bonds is 6. The second kappa shape index (κ2) is 7.35. The topological polar surface area (TPSA) is 17.1 Å². The highest BCUT2D eigenvalue weighted by atomic mass is 16.1. The van der Waals surface area contributed by atoms with Crippen molar-refractivity contribution in [2.24, 2.45) is 11.8 Å². The minimum absolute atomic E-state index is 0.00613. The summed E-state index contributed by atoms with van der Waals surface area (Å²) in [6.07, 6.45) is 11.6. The summed E-state index contributed by atoms with van der Waals surface area (Å²) in [5.74, 6) is 0.605. The maximum atomic E-state index is 12.2. The summed E-state index contributed by atoms with van der Waals surface area (Å²) in [6.45, 7) is 9.94. The molecule has 0 aromatic rings. The first-order chi connectivity index (χ1) is 8.58. The van der Waals surface area contributed by atoms with Crippen LogP contribution in [-0.2, 0) is 4.79 Å². The molecule has 1 nitrogen and oxygen atoms in total. The zero-order chi connectivity index (χ0) is 13.5. The van der Waals surface area contributed by atoms with Gasteiger partial charge in [0.1, 0.15) is 5.78 Å². The molecular weight excluding hydrogens is 220 g/mol. The molecule has 0 aliphatic heterocycles. The van der Waals surface area contributed by atoms with E-state index in [1.165, 1.54) is 11.1 Å². The van der Waals surface area contributed by atoms with Gasteiger partial charge < -0.3 is 0 Å². The van der Waals surface area contributed by atoms with Gasteiger partial charge in [-0.15, -0.1) is 6.58 Å². The molecule has 0 saturated heterocycles. The molecule has 0 bridgehead atoms. The van der Waals surface area contributed by atoms with Crippen molar-refractivity contribution in [2.45, 2.75) is 52.9 Å². The van der Waals surface area contributed by atoms with E-state index in [2.05, 4.69) is 32.6 Å². The van der Waals surface area contributed by atoms with Gasteiger partial charge in [0, 0.05) is 11.8 Å². The van der Waals surface area contributed by atoms with Crippen molar-refractivity contribution in [1.29, 1.82) is 0 Å². The molecule has 0 fully saturated rings. The fraction of sp³-hybridized carbons (Fsp3) is 0.588.